The van der Waals surface area contributed by atoms with E-state index in [1.807, 2.05) is 0 Å². The van der Waals surface area contributed by atoms with Crippen molar-refractivity contribution in [1.82, 2.24) is 5.32 Å². The van der Waals surface area contributed by atoms with E-state index >= 15 is 0 Å². The Hall–Kier alpha value is -0.980. The molecule has 5 nitrogen and oxygen atoms in total. The summed E-state index contributed by atoms with van der Waals surface area (Å²) >= 11 is 3.33. The standard InChI is InChI=1S/C14H21BrN2O3/c1-10(18)7-14(2,3)9-16-8-11-6-12(15)4-5-13(11)17(19)20/h4-6,10,16,18H,7-9H2,1-3H3. The number of benzene rings is 1. The van der Waals surface area contributed by atoms with E-state index < -0.39 is 0 Å². The van der Waals surface area contributed by atoms with Crippen LogP contribution >= 0.6 is 15.9 Å². The van der Waals surface area contributed by atoms with Crippen molar-refractivity contribution in [3.8, 4) is 0 Å². The highest BCUT2D eigenvalue weighted by Crippen LogP contribution is 2.24. The van der Waals surface area contributed by atoms with Crippen molar-refractivity contribution in [2.75, 3.05) is 6.54 Å². The fourth-order valence-corrected chi connectivity index (χ4v) is 2.69. The maximum Gasteiger partial charge on any atom is 0.273 e. The van der Waals surface area contributed by atoms with Gasteiger partial charge in [-0.25, -0.2) is 0 Å². The van der Waals surface area contributed by atoms with Crippen molar-refractivity contribution in [3.63, 3.8) is 0 Å². The van der Waals surface area contributed by atoms with E-state index in [4.69, 9.17) is 0 Å². The van der Waals surface area contributed by atoms with Gasteiger partial charge in [0.25, 0.3) is 5.69 Å². The Morgan fingerprint density at radius 1 is 1.50 bits per heavy atom. The number of nitro groups is 1. The zero-order valence-corrected chi connectivity index (χ0v) is 13.6. The summed E-state index contributed by atoms with van der Waals surface area (Å²) in [6.07, 6.45) is 0.327. The van der Waals surface area contributed by atoms with Crippen molar-refractivity contribution in [1.29, 1.82) is 0 Å². The molecule has 1 rings (SSSR count). The lowest BCUT2D eigenvalue weighted by atomic mass is 9.87. The number of aliphatic hydroxyl groups is 1. The summed E-state index contributed by atoms with van der Waals surface area (Å²) in [5, 5.41) is 23.6. The number of rotatable bonds is 7. The van der Waals surface area contributed by atoms with Crippen LogP contribution in [0.3, 0.4) is 0 Å². The van der Waals surface area contributed by atoms with Crippen LogP contribution in [-0.4, -0.2) is 22.7 Å². The first kappa shape index (κ1) is 17.1. The van der Waals surface area contributed by atoms with Gasteiger partial charge in [-0.2, -0.15) is 0 Å². The highest BCUT2D eigenvalue weighted by atomic mass is 79.9. The maximum absolute atomic E-state index is 11.0. The third-order valence-corrected chi connectivity index (χ3v) is 3.50. The van der Waals surface area contributed by atoms with E-state index in [1.165, 1.54) is 6.07 Å². The second-order valence-corrected chi connectivity index (χ2v) is 6.77. The average Bonchev–Trinajstić information content (AvgIpc) is 2.26. The topological polar surface area (TPSA) is 75.4 Å². The summed E-state index contributed by atoms with van der Waals surface area (Å²) < 4.78 is 0.822. The minimum absolute atomic E-state index is 0.0606. The smallest absolute Gasteiger partial charge is 0.273 e. The lowest BCUT2D eigenvalue weighted by Crippen LogP contribution is -2.31. The molecule has 0 aromatic heterocycles. The molecule has 0 spiro atoms. The Morgan fingerprint density at radius 2 is 2.15 bits per heavy atom. The molecule has 2 N–H and O–H groups in total. The van der Waals surface area contributed by atoms with Gasteiger partial charge in [0.2, 0.25) is 0 Å². The molecule has 0 aliphatic carbocycles. The molecular weight excluding hydrogens is 324 g/mol. The van der Waals surface area contributed by atoms with Gasteiger partial charge in [0.15, 0.2) is 0 Å². The van der Waals surface area contributed by atoms with Crippen molar-refractivity contribution in [3.05, 3.63) is 38.3 Å². The largest absolute Gasteiger partial charge is 0.393 e. The Labute approximate surface area is 127 Å². The average molecular weight is 345 g/mol. The SMILES string of the molecule is CC(O)CC(C)(C)CNCc1cc(Br)ccc1[N+](=O)[O-]. The Morgan fingerprint density at radius 3 is 2.70 bits per heavy atom. The van der Waals surface area contributed by atoms with Gasteiger partial charge in [0.05, 0.1) is 11.0 Å². The number of nitrogens with zero attached hydrogens (tertiary/aromatic N) is 1. The molecule has 112 valence electrons. The van der Waals surface area contributed by atoms with Gasteiger partial charge in [0.1, 0.15) is 0 Å². The Bertz CT molecular complexity index is 475. The van der Waals surface area contributed by atoms with Gasteiger partial charge < -0.3 is 10.4 Å². The first-order chi connectivity index (χ1) is 9.21. The lowest BCUT2D eigenvalue weighted by Gasteiger charge is -2.26. The minimum Gasteiger partial charge on any atom is -0.393 e. The van der Waals surface area contributed by atoms with Crippen LogP contribution in [-0.2, 0) is 6.54 Å². The number of aliphatic hydroxyl groups excluding tert-OH is 1. The van der Waals surface area contributed by atoms with Gasteiger partial charge >= 0.3 is 0 Å². The van der Waals surface area contributed by atoms with Crippen LogP contribution in [0.4, 0.5) is 5.69 Å². The summed E-state index contributed by atoms with van der Waals surface area (Å²) in [6.45, 7) is 6.99. The number of hydrogen-bond donors (Lipinski definition) is 2. The molecule has 0 saturated heterocycles. The fourth-order valence-electron chi connectivity index (χ4n) is 2.28. The van der Waals surface area contributed by atoms with Crippen LogP contribution in [0, 0.1) is 15.5 Å². The number of nitrogens with one attached hydrogen (secondary N) is 1. The van der Waals surface area contributed by atoms with Gasteiger partial charge in [0, 0.05) is 29.2 Å². The summed E-state index contributed by atoms with van der Waals surface area (Å²) in [5.41, 5.74) is 0.709. The highest BCUT2D eigenvalue weighted by Gasteiger charge is 2.20. The molecule has 0 aliphatic heterocycles. The first-order valence-corrected chi connectivity index (χ1v) is 7.32. The monoisotopic (exact) mass is 344 g/mol. The van der Waals surface area contributed by atoms with Gasteiger partial charge in [-0.3, -0.25) is 10.1 Å². The number of halogens is 1. The van der Waals surface area contributed by atoms with Crippen LogP contribution in [0.15, 0.2) is 22.7 Å². The molecule has 1 unspecified atom stereocenters. The molecule has 0 heterocycles. The summed E-state index contributed by atoms with van der Waals surface area (Å²) in [6, 6.07) is 4.92. The van der Waals surface area contributed by atoms with Crippen molar-refractivity contribution < 1.29 is 10.0 Å². The third-order valence-electron chi connectivity index (χ3n) is 3.01. The van der Waals surface area contributed by atoms with Crippen LogP contribution in [0.5, 0.6) is 0 Å². The predicted molar refractivity (Wildman–Crippen MR) is 82.6 cm³/mol. The lowest BCUT2D eigenvalue weighted by molar-refractivity contribution is -0.385. The molecule has 1 atom stereocenters. The first-order valence-electron chi connectivity index (χ1n) is 6.53. The van der Waals surface area contributed by atoms with E-state index in [0.717, 1.165) is 4.47 Å². The van der Waals surface area contributed by atoms with Crippen molar-refractivity contribution >= 4 is 21.6 Å². The minimum atomic E-state index is -0.371. The predicted octanol–water partition coefficient (Wildman–Crippen LogP) is 3.24. The van der Waals surface area contributed by atoms with E-state index in [9.17, 15) is 15.2 Å². The molecule has 0 radical (unpaired) electrons. The molecule has 0 fully saturated rings. The maximum atomic E-state index is 11.0. The highest BCUT2D eigenvalue weighted by molar-refractivity contribution is 9.10. The molecule has 1 aromatic rings. The summed E-state index contributed by atoms with van der Waals surface area (Å²) in [5.74, 6) is 0. The van der Waals surface area contributed by atoms with E-state index in [2.05, 4.69) is 35.1 Å². The van der Waals surface area contributed by atoms with E-state index in [1.54, 1.807) is 19.1 Å². The molecule has 0 aliphatic rings. The fraction of sp³-hybridized carbons (Fsp3) is 0.571. The van der Waals surface area contributed by atoms with Crippen LogP contribution in [0.25, 0.3) is 0 Å². The molecule has 0 saturated carbocycles. The Kier molecular flexibility index (Phi) is 6.10. The molecule has 20 heavy (non-hydrogen) atoms. The van der Waals surface area contributed by atoms with Crippen LogP contribution in [0.1, 0.15) is 32.8 Å². The quantitative estimate of drug-likeness (QED) is 0.588. The summed E-state index contributed by atoms with van der Waals surface area (Å²) in [4.78, 5) is 10.6. The molecule has 1 aromatic carbocycles. The van der Waals surface area contributed by atoms with Gasteiger partial charge in [-0.15, -0.1) is 0 Å². The van der Waals surface area contributed by atoms with Crippen LogP contribution in [0.2, 0.25) is 0 Å². The second-order valence-electron chi connectivity index (χ2n) is 5.85. The zero-order valence-electron chi connectivity index (χ0n) is 12.0. The number of nitro benzene ring substituents is 1. The number of hydrogen-bond acceptors (Lipinski definition) is 4. The van der Waals surface area contributed by atoms with Crippen molar-refractivity contribution in [2.24, 2.45) is 5.41 Å². The summed E-state index contributed by atoms with van der Waals surface area (Å²) in [7, 11) is 0. The second kappa shape index (κ2) is 7.15. The zero-order chi connectivity index (χ0) is 15.3. The van der Waals surface area contributed by atoms with Gasteiger partial charge in [-0.05, 0) is 30.9 Å². The van der Waals surface area contributed by atoms with E-state index in [0.29, 0.717) is 25.1 Å². The van der Waals surface area contributed by atoms with E-state index in [-0.39, 0.29) is 22.1 Å². The molecular formula is C14H21BrN2O3. The molecule has 6 heteroatoms. The van der Waals surface area contributed by atoms with Gasteiger partial charge in [-0.1, -0.05) is 29.8 Å². The molecule has 0 bridgehead atoms. The molecule has 0 amide bonds. The normalized spacial score (nSPS) is 13.2. The third kappa shape index (κ3) is 5.56. The Balaban J connectivity index is 2.66. The van der Waals surface area contributed by atoms with Crippen LogP contribution < -0.4 is 5.32 Å². The van der Waals surface area contributed by atoms with Crippen molar-refractivity contribution in [2.45, 2.75) is 39.8 Å².